The second kappa shape index (κ2) is 15.7. The molecule has 1 unspecified atom stereocenters. The van der Waals surface area contributed by atoms with E-state index < -0.39 is 0 Å². The van der Waals surface area contributed by atoms with Gasteiger partial charge in [0.1, 0.15) is 0 Å². The summed E-state index contributed by atoms with van der Waals surface area (Å²) in [5, 5.41) is 0.278. The van der Waals surface area contributed by atoms with Crippen molar-refractivity contribution in [3.8, 4) is 0 Å². The van der Waals surface area contributed by atoms with E-state index in [-0.39, 0.29) is 11.2 Å². The lowest BCUT2D eigenvalue weighted by Gasteiger charge is -2.19. The molecule has 0 heterocycles. The summed E-state index contributed by atoms with van der Waals surface area (Å²) in [7, 11) is 1.45. The first-order valence-electron chi connectivity index (χ1n) is 11.1. The van der Waals surface area contributed by atoms with E-state index in [1.807, 2.05) is 36.9 Å². The molecule has 0 spiro atoms. The lowest BCUT2D eigenvalue weighted by molar-refractivity contribution is -0.135. The molecule has 0 aliphatic heterocycles. The summed E-state index contributed by atoms with van der Waals surface area (Å²) in [6.07, 6.45) is 13.6. The maximum Gasteiger partial charge on any atom is 0.333 e. The van der Waals surface area contributed by atoms with E-state index in [2.05, 4.69) is 26.0 Å². The SMILES string of the molecule is CCCCCCCCCCCCSC(C)/C(=C(/C)C(=O)OC)c1ccccc1. The second-order valence-corrected chi connectivity index (χ2v) is 9.04. The van der Waals surface area contributed by atoms with Crippen LogP contribution in [0, 0.1) is 0 Å². The minimum absolute atomic E-state index is 0.231. The number of hydrogen-bond acceptors (Lipinski definition) is 3. The molecule has 28 heavy (non-hydrogen) atoms. The molecule has 0 aromatic heterocycles. The summed E-state index contributed by atoms with van der Waals surface area (Å²) >= 11 is 1.95. The van der Waals surface area contributed by atoms with E-state index in [1.165, 1.54) is 71.3 Å². The third kappa shape index (κ3) is 9.82. The monoisotopic (exact) mass is 404 g/mol. The highest BCUT2D eigenvalue weighted by atomic mass is 32.2. The molecule has 1 aromatic carbocycles. The molecule has 1 rings (SSSR count). The van der Waals surface area contributed by atoms with Gasteiger partial charge in [-0.1, -0.05) is 95.0 Å². The number of carbonyl (C=O) groups is 1. The van der Waals surface area contributed by atoms with Gasteiger partial charge in [0.2, 0.25) is 0 Å². The van der Waals surface area contributed by atoms with Gasteiger partial charge >= 0.3 is 5.97 Å². The number of carbonyl (C=O) groups excluding carboxylic acids is 1. The first kappa shape index (κ1) is 24.8. The van der Waals surface area contributed by atoms with Crippen molar-refractivity contribution in [2.24, 2.45) is 0 Å². The molecule has 0 aliphatic rings. The number of ether oxygens (including phenoxy) is 1. The molecule has 0 bridgehead atoms. The minimum atomic E-state index is -0.231. The van der Waals surface area contributed by atoms with Crippen LogP contribution < -0.4 is 0 Å². The van der Waals surface area contributed by atoms with Crippen LogP contribution in [0.25, 0.3) is 5.57 Å². The molecule has 0 amide bonds. The Morgan fingerprint density at radius 2 is 1.46 bits per heavy atom. The second-order valence-electron chi connectivity index (χ2n) is 7.59. The zero-order valence-electron chi connectivity index (χ0n) is 18.5. The maximum absolute atomic E-state index is 12.1. The van der Waals surface area contributed by atoms with Gasteiger partial charge in [-0.25, -0.2) is 4.79 Å². The normalized spacial score (nSPS) is 13.1. The van der Waals surface area contributed by atoms with Crippen LogP contribution in [0.4, 0.5) is 0 Å². The van der Waals surface area contributed by atoms with Gasteiger partial charge in [0.15, 0.2) is 0 Å². The van der Waals surface area contributed by atoms with Crippen molar-refractivity contribution in [3.05, 3.63) is 41.5 Å². The molecular weight excluding hydrogens is 364 g/mol. The molecule has 0 fully saturated rings. The van der Waals surface area contributed by atoms with E-state index >= 15 is 0 Å². The van der Waals surface area contributed by atoms with Crippen molar-refractivity contribution in [3.63, 3.8) is 0 Å². The Morgan fingerprint density at radius 1 is 0.929 bits per heavy atom. The number of thioether (sulfide) groups is 1. The topological polar surface area (TPSA) is 26.3 Å². The molecule has 0 aliphatic carbocycles. The molecule has 158 valence electrons. The van der Waals surface area contributed by atoms with Crippen molar-refractivity contribution in [1.29, 1.82) is 0 Å². The van der Waals surface area contributed by atoms with E-state index in [9.17, 15) is 4.79 Å². The van der Waals surface area contributed by atoms with Crippen molar-refractivity contribution in [1.82, 2.24) is 0 Å². The lowest BCUT2D eigenvalue weighted by atomic mass is 9.98. The summed E-state index contributed by atoms with van der Waals surface area (Å²) in [5.74, 6) is 0.910. The van der Waals surface area contributed by atoms with E-state index in [0.29, 0.717) is 0 Å². The molecule has 1 aromatic rings. The molecule has 2 nitrogen and oxygen atoms in total. The molecule has 3 heteroatoms. The fourth-order valence-corrected chi connectivity index (χ4v) is 4.77. The Labute approximate surface area is 177 Å². The Bertz CT molecular complexity index is 565. The highest BCUT2D eigenvalue weighted by Gasteiger charge is 2.19. The summed E-state index contributed by atoms with van der Waals surface area (Å²) < 4.78 is 4.97. The van der Waals surface area contributed by atoms with Gasteiger partial charge in [-0.2, -0.15) is 11.8 Å². The molecular formula is C25H40O2S. The van der Waals surface area contributed by atoms with Crippen LogP contribution >= 0.6 is 11.8 Å². The first-order chi connectivity index (χ1) is 13.6. The zero-order chi connectivity index (χ0) is 20.6. The first-order valence-corrected chi connectivity index (χ1v) is 12.1. The average molecular weight is 405 g/mol. The molecule has 1 atom stereocenters. The van der Waals surface area contributed by atoms with E-state index in [0.717, 1.165) is 22.5 Å². The van der Waals surface area contributed by atoms with Gasteiger partial charge in [0.25, 0.3) is 0 Å². The van der Waals surface area contributed by atoms with Gasteiger partial charge in [0, 0.05) is 10.8 Å². The Morgan fingerprint density at radius 3 is 2.00 bits per heavy atom. The predicted molar refractivity (Wildman–Crippen MR) is 125 cm³/mol. The number of benzene rings is 1. The van der Waals surface area contributed by atoms with Crippen molar-refractivity contribution < 1.29 is 9.53 Å². The number of rotatable bonds is 15. The summed E-state index contributed by atoms with van der Waals surface area (Å²) in [5.41, 5.74) is 2.94. The molecule has 0 radical (unpaired) electrons. The largest absolute Gasteiger partial charge is 0.466 e. The van der Waals surface area contributed by atoms with Crippen LogP contribution in [-0.2, 0) is 9.53 Å². The van der Waals surface area contributed by atoms with Crippen LogP contribution in [0.1, 0.15) is 90.5 Å². The van der Waals surface area contributed by atoms with Gasteiger partial charge in [-0.05, 0) is 37.2 Å². The third-order valence-corrected chi connectivity index (χ3v) is 6.51. The van der Waals surface area contributed by atoms with Crippen LogP contribution in [0.3, 0.4) is 0 Å². The standard InChI is InChI=1S/C25H40O2S/c1-5-6-7-8-9-10-11-12-13-17-20-28-22(3)24(21(2)25(26)27-4)23-18-15-14-16-19-23/h14-16,18-19,22H,5-13,17,20H2,1-4H3/b24-21+. The minimum Gasteiger partial charge on any atom is -0.466 e. The third-order valence-electron chi connectivity index (χ3n) is 5.25. The summed E-state index contributed by atoms with van der Waals surface area (Å²) in [6.45, 7) is 6.36. The van der Waals surface area contributed by atoms with Crippen LogP contribution in [-0.4, -0.2) is 24.1 Å². The molecule has 0 N–H and O–H groups in total. The van der Waals surface area contributed by atoms with E-state index in [1.54, 1.807) is 0 Å². The van der Waals surface area contributed by atoms with Crippen LogP contribution in [0.2, 0.25) is 0 Å². The van der Waals surface area contributed by atoms with Gasteiger partial charge in [-0.15, -0.1) is 0 Å². The van der Waals surface area contributed by atoms with Crippen molar-refractivity contribution in [2.75, 3.05) is 12.9 Å². The Kier molecular flexibility index (Phi) is 13.9. The smallest absolute Gasteiger partial charge is 0.333 e. The van der Waals surface area contributed by atoms with E-state index in [4.69, 9.17) is 4.74 Å². The predicted octanol–water partition coefficient (Wildman–Crippen LogP) is 7.68. The number of esters is 1. The van der Waals surface area contributed by atoms with Crippen LogP contribution in [0.15, 0.2) is 35.9 Å². The highest BCUT2D eigenvalue weighted by Crippen LogP contribution is 2.31. The lowest BCUT2D eigenvalue weighted by Crippen LogP contribution is -2.11. The van der Waals surface area contributed by atoms with Gasteiger partial charge < -0.3 is 4.74 Å². The van der Waals surface area contributed by atoms with Crippen molar-refractivity contribution in [2.45, 2.75) is 90.2 Å². The number of hydrogen-bond donors (Lipinski definition) is 0. The van der Waals surface area contributed by atoms with Crippen LogP contribution in [0.5, 0.6) is 0 Å². The summed E-state index contributed by atoms with van der Waals surface area (Å²) in [6, 6.07) is 10.2. The van der Waals surface area contributed by atoms with Gasteiger partial charge in [0.05, 0.1) is 7.11 Å². The fraction of sp³-hybridized carbons (Fsp3) is 0.640. The summed E-state index contributed by atoms with van der Waals surface area (Å²) in [4.78, 5) is 12.1. The Balaban J connectivity index is 2.36. The van der Waals surface area contributed by atoms with Crippen molar-refractivity contribution >= 4 is 23.3 Å². The average Bonchev–Trinajstić information content (AvgIpc) is 2.72. The molecule has 0 saturated carbocycles. The van der Waals surface area contributed by atoms with Gasteiger partial charge in [-0.3, -0.25) is 0 Å². The quantitative estimate of drug-likeness (QED) is 0.170. The maximum atomic E-state index is 12.1. The highest BCUT2D eigenvalue weighted by molar-refractivity contribution is 8.00. The fourth-order valence-electron chi connectivity index (χ4n) is 3.57. The Hall–Kier alpha value is -1.22. The zero-order valence-corrected chi connectivity index (χ0v) is 19.3. The number of methoxy groups -OCH3 is 1. The molecule has 0 saturated heterocycles. The number of unbranched alkanes of at least 4 members (excludes halogenated alkanes) is 9.